The minimum atomic E-state index is -0.901. The van der Waals surface area contributed by atoms with Gasteiger partial charge < -0.3 is 14.7 Å². The zero-order valence-corrected chi connectivity index (χ0v) is 19.1. The summed E-state index contributed by atoms with van der Waals surface area (Å²) < 4.78 is 9.14. The van der Waals surface area contributed by atoms with E-state index in [-0.39, 0.29) is 36.2 Å². The molecule has 10 heteroatoms. The fourth-order valence-corrected chi connectivity index (χ4v) is 5.32. The number of fused-ring (bicyclic) bond motifs is 1. The van der Waals surface area contributed by atoms with Crippen molar-refractivity contribution in [1.29, 1.82) is 0 Å². The molecule has 2 fully saturated rings. The van der Waals surface area contributed by atoms with E-state index in [9.17, 15) is 24.3 Å². The number of para-hydroxylation sites is 1. The van der Waals surface area contributed by atoms with Crippen molar-refractivity contribution in [3.05, 3.63) is 34.2 Å². The molecule has 1 aromatic heterocycles. The molecule has 3 amide bonds. The van der Waals surface area contributed by atoms with Gasteiger partial charge in [0.1, 0.15) is 6.04 Å². The molecule has 0 saturated carbocycles. The van der Waals surface area contributed by atoms with Gasteiger partial charge in [-0.2, -0.15) is 0 Å². The van der Waals surface area contributed by atoms with Gasteiger partial charge in [0.05, 0.1) is 23.7 Å². The van der Waals surface area contributed by atoms with Crippen molar-refractivity contribution in [1.82, 2.24) is 19.4 Å². The molecular weight excluding hydrogens is 428 g/mol. The molecule has 2 N–H and O–H groups in total. The topological polar surface area (TPSA) is 123 Å². The van der Waals surface area contributed by atoms with Crippen LogP contribution in [0.15, 0.2) is 23.0 Å². The number of piperidine rings is 2. The molecular formula is C23H30N4O6. The molecule has 1 aromatic carbocycles. The number of carbonyl (C=O) groups excluding carboxylic acids is 2. The van der Waals surface area contributed by atoms with E-state index in [2.05, 4.69) is 5.32 Å². The summed E-state index contributed by atoms with van der Waals surface area (Å²) in [6.07, 6.45) is 1.43. The second-order valence-electron chi connectivity index (χ2n) is 9.07. The van der Waals surface area contributed by atoms with Crippen LogP contribution in [0.4, 0.5) is 4.79 Å². The molecule has 0 bridgehead atoms. The number of rotatable bonds is 5. The van der Waals surface area contributed by atoms with Crippen molar-refractivity contribution in [2.45, 2.75) is 70.2 Å². The lowest BCUT2D eigenvalue weighted by molar-refractivity contribution is -0.135. The number of ether oxygens (including phenoxy) is 1. The lowest BCUT2D eigenvalue weighted by Gasteiger charge is -2.40. The van der Waals surface area contributed by atoms with Gasteiger partial charge in [-0.15, -0.1) is 0 Å². The Kier molecular flexibility index (Phi) is 6.29. The molecule has 2 saturated heterocycles. The highest BCUT2D eigenvalue weighted by molar-refractivity contribution is 6.00. The maximum absolute atomic E-state index is 13.0. The molecule has 178 valence electrons. The van der Waals surface area contributed by atoms with Gasteiger partial charge in [0, 0.05) is 25.6 Å². The maximum atomic E-state index is 13.0. The first-order chi connectivity index (χ1) is 15.7. The lowest BCUT2D eigenvalue weighted by Crippen LogP contribution is -2.51. The molecule has 2 aliphatic rings. The number of aryl methyl sites for hydroxylation is 1. The number of benzene rings is 1. The number of nitrogens with one attached hydrogen (secondary N) is 1. The van der Waals surface area contributed by atoms with Crippen molar-refractivity contribution in [2.24, 2.45) is 7.05 Å². The summed E-state index contributed by atoms with van der Waals surface area (Å²) in [5.74, 6) is -0.772. The summed E-state index contributed by atoms with van der Waals surface area (Å²) >= 11 is 0. The Balaban J connectivity index is 1.51. The summed E-state index contributed by atoms with van der Waals surface area (Å²) in [6.45, 7) is 4.23. The van der Waals surface area contributed by atoms with E-state index in [0.717, 1.165) is 11.1 Å². The van der Waals surface area contributed by atoms with E-state index in [1.165, 1.54) is 9.47 Å². The molecule has 0 spiro atoms. The average molecular weight is 459 g/mol. The second kappa shape index (κ2) is 9.01. The third-order valence-corrected chi connectivity index (χ3v) is 6.81. The number of amides is 3. The Hall–Kier alpha value is -3.14. The van der Waals surface area contributed by atoms with E-state index >= 15 is 0 Å². The first-order valence-electron chi connectivity index (χ1n) is 11.3. The van der Waals surface area contributed by atoms with Crippen LogP contribution in [0.1, 0.15) is 51.1 Å². The van der Waals surface area contributed by atoms with E-state index in [0.29, 0.717) is 37.8 Å². The molecule has 0 aliphatic carbocycles. The lowest BCUT2D eigenvalue weighted by atomic mass is 9.95. The second-order valence-corrected chi connectivity index (χ2v) is 9.07. The van der Waals surface area contributed by atoms with Gasteiger partial charge in [-0.3, -0.25) is 24.0 Å². The van der Waals surface area contributed by atoms with Crippen molar-refractivity contribution >= 4 is 28.9 Å². The van der Waals surface area contributed by atoms with Gasteiger partial charge in [-0.05, 0) is 51.2 Å². The number of likely N-dealkylation sites (tertiary alicyclic amines) is 1. The van der Waals surface area contributed by atoms with E-state index in [1.54, 1.807) is 11.6 Å². The normalized spacial score (nSPS) is 26.0. The Morgan fingerprint density at radius 3 is 2.52 bits per heavy atom. The fraction of sp³-hybridized carbons (Fsp3) is 0.565. The van der Waals surface area contributed by atoms with Gasteiger partial charge in [-0.25, -0.2) is 9.59 Å². The number of hydrogen-bond donors (Lipinski definition) is 2. The molecule has 4 atom stereocenters. The standard InChI is InChI=1S/C23H30N4O6/c1-13-11-16(12-14(2)26(13)23(31)32)33-10-9-15-5-4-6-17-20(15)25(3)22(30)27(17)18-7-8-19(28)24-21(18)29/h4-6,13-14,16,18H,7-12H2,1-3H3,(H,31,32)(H,24,28,29)/t13-,14+,16?,18?. The molecule has 2 aliphatic heterocycles. The van der Waals surface area contributed by atoms with E-state index in [1.807, 2.05) is 32.0 Å². The predicted molar refractivity (Wildman–Crippen MR) is 120 cm³/mol. The Morgan fingerprint density at radius 1 is 1.18 bits per heavy atom. The monoisotopic (exact) mass is 458 g/mol. The van der Waals surface area contributed by atoms with E-state index < -0.39 is 18.0 Å². The smallest absolute Gasteiger partial charge is 0.407 e. The first-order valence-corrected chi connectivity index (χ1v) is 11.3. The quantitative estimate of drug-likeness (QED) is 0.659. The van der Waals surface area contributed by atoms with Crippen LogP contribution in [-0.2, 0) is 27.8 Å². The predicted octanol–water partition coefficient (Wildman–Crippen LogP) is 1.80. The first kappa shape index (κ1) is 23.0. The van der Waals surface area contributed by atoms with Gasteiger partial charge >= 0.3 is 11.8 Å². The number of aromatic nitrogens is 2. The van der Waals surface area contributed by atoms with Gasteiger partial charge in [0.25, 0.3) is 0 Å². The molecule has 3 heterocycles. The Bertz CT molecular complexity index is 1140. The van der Waals surface area contributed by atoms with Crippen LogP contribution in [0.5, 0.6) is 0 Å². The van der Waals surface area contributed by atoms with Crippen LogP contribution in [0.25, 0.3) is 11.0 Å². The summed E-state index contributed by atoms with van der Waals surface area (Å²) in [6, 6.07) is 4.68. The van der Waals surface area contributed by atoms with Crippen LogP contribution in [0.3, 0.4) is 0 Å². The molecule has 33 heavy (non-hydrogen) atoms. The van der Waals surface area contributed by atoms with Gasteiger partial charge in [0.2, 0.25) is 11.8 Å². The Labute approximate surface area is 191 Å². The van der Waals surface area contributed by atoms with Crippen molar-refractivity contribution in [3.63, 3.8) is 0 Å². The largest absolute Gasteiger partial charge is 0.465 e. The van der Waals surface area contributed by atoms with Crippen LogP contribution >= 0.6 is 0 Å². The van der Waals surface area contributed by atoms with Gasteiger partial charge in [0.15, 0.2) is 0 Å². The molecule has 2 aromatic rings. The van der Waals surface area contributed by atoms with Gasteiger partial charge in [-0.1, -0.05) is 12.1 Å². The summed E-state index contributed by atoms with van der Waals surface area (Å²) in [4.78, 5) is 49.9. The van der Waals surface area contributed by atoms with Crippen LogP contribution in [-0.4, -0.2) is 61.8 Å². The molecule has 4 rings (SSSR count). The number of nitrogens with zero attached hydrogens (tertiary/aromatic N) is 3. The van der Waals surface area contributed by atoms with Crippen molar-refractivity contribution < 1.29 is 24.2 Å². The fourth-order valence-electron chi connectivity index (χ4n) is 5.32. The highest BCUT2D eigenvalue weighted by Crippen LogP contribution is 2.27. The van der Waals surface area contributed by atoms with Crippen LogP contribution in [0.2, 0.25) is 0 Å². The average Bonchev–Trinajstić information content (AvgIpc) is 2.99. The van der Waals surface area contributed by atoms with Crippen molar-refractivity contribution in [3.8, 4) is 0 Å². The number of hydrogen-bond acceptors (Lipinski definition) is 5. The van der Waals surface area contributed by atoms with E-state index in [4.69, 9.17) is 4.74 Å². The molecule has 0 radical (unpaired) electrons. The summed E-state index contributed by atoms with van der Waals surface area (Å²) in [5.41, 5.74) is 2.04. The third-order valence-electron chi connectivity index (χ3n) is 6.81. The number of carboxylic acid groups (broad SMARTS) is 1. The zero-order valence-electron chi connectivity index (χ0n) is 19.1. The SMILES string of the molecule is C[C@@H]1CC(OCCc2cccc3c2n(C)c(=O)n3C2CCC(=O)NC2=O)C[C@H](C)N1C(=O)O. The molecule has 2 unspecified atom stereocenters. The Morgan fingerprint density at radius 2 is 1.88 bits per heavy atom. The van der Waals surface area contributed by atoms with Crippen LogP contribution in [0, 0.1) is 0 Å². The summed E-state index contributed by atoms with van der Waals surface area (Å²) in [5, 5.41) is 11.7. The number of imidazole rings is 1. The van der Waals surface area contributed by atoms with Crippen molar-refractivity contribution in [2.75, 3.05) is 6.61 Å². The summed E-state index contributed by atoms with van der Waals surface area (Å²) in [7, 11) is 1.68. The minimum absolute atomic E-state index is 0.0262. The maximum Gasteiger partial charge on any atom is 0.407 e. The zero-order chi connectivity index (χ0) is 23.9. The highest BCUT2D eigenvalue weighted by Gasteiger charge is 2.34. The third kappa shape index (κ3) is 4.27. The van der Waals surface area contributed by atoms with Crippen LogP contribution < -0.4 is 11.0 Å². The molecule has 10 nitrogen and oxygen atoms in total. The number of imide groups is 1. The highest BCUT2D eigenvalue weighted by atomic mass is 16.5. The minimum Gasteiger partial charge on any atom is -0.465 e. The number of carbonyl (C=O) groups is 3.